The number of anilines is 1. The summed E-state index contributed by atoms with van der Waals surface area (Å²) in [5.74, 6) is 2.13. The van der Waals surface area contributed by atoms with Crippen LogP contribution in [-0.2, 0) is 12.8 Å². The van der Waals surface area contributed by atoms with Gasteiger partial charge in [-0.25, -0.2) is 9.97 Å². The Morgan fingerprint density at radius 2 is 2.11 bits per heavy atom. The van der Waals surface area contributed by atoms with E-state index >= 15 is 0 Å². The van der Waals surface area contributed by atoms with Crippen LogP contribution < -0.4 is 4.90 Å². The minimum absolute atomic E-state index is 0.0331. The fraction of sp³-hybridized carbons (Fsp3) is 0.450. The molecule has 3 aromatic rings. The molecule has 1 atom stereocenters. The lowest BCUT2D eigenvalue weighted by molar-refractivity contribution is 0.0714. The smallest absolute Gasteiger partial charge is 0.289 e. The van der Waals surface area contributed by atoms with Gasteiger partial charge in [-0.3, -0.25) is 4.79 Å². The van der Waals surface area contributed by atoms with Crippen LogP contribution in [-0.4, -0.2) is 47.0 Å². The van der Waals surface area contributed by atoms with E-state index in [1.54, 1.807) is 24.7 Å². The van der Waals surface area contributed by atoms with E-state index in [9.17, 15) is 4.79 Å². The highest BCUT2D eigenvalue weighted by molar-refractivity contribution is 7.19. The maximum atomic E-state index is 12.5. The lowest BCUT2D eigenvalue weighted by atomic mass is 9.88. The van der Waals surface area contributed by atoms with Crippen molar-refractivity contribution in [1.82, 2.24) is 14.9 Å². The van der Waals surface area contributed by atoms with Gasteiger partial charge in [0.05, 0.1) is 11.6 Å². The van der Waals surface area contributed by atoms with Crippen LogP contribution in [0.2, 0.25) is 0 Å². The highest BCUT2D eigenvalue weighted by Gasteiger charge is 2.28. The first-order chi connectivity index (χ1) is 13.2. The number of nitrogens with zero attached hydrogens (tertiary/aromatic N) is 4. The molecule has 3 aromatic heterocycles. The summed E-state index contributed by atoms with van der Waals surface area (Å²) in [7, 11) is 0. The number of piperazine rings is 1. The van der Waals surface area contributed by atoms with Gasteiger partial charge in [-0.15, -0.1) is 11.3 Å². The quantitative estimate of drug-likeness (QED) is 0.680. The molecule has 1 saturated heterocycles. The van der Waals surface area contributed by atoms with Crippen LogP contribution in [0, 0.1) is 5.92 Å². The second-order valence-electron chi connectivity index (χ2n) is 7.49. The summed E-state index contributed by atoms with van der Waals surface area (Å²) >= 11 is 1.83. The monoisotopic (exact) mass is 382 g/mol. The summed E-state index contributed by atoms with van der Waals surface area (Å²) < 4.78 is 5.26. The molecule has 1 amide bonds. The Morgan fingerprint density at radius 1 is 1.26 bits per heavy atom. The van der Waals surface area contributed by atoms with E-state index in [1.165, 1.54) is 22.2 Å². The highest BCUT2D eigenvalue weighted by atomic mass is 32.1. The molecule has 140 valence electrons. The van der Waals surface area contributed by atoms with Crippen molar-refractivity contribution in [3.8, 4) is 0 Å². The van der Waals surface area contributed by atoms with Gasteiger partial charge in [0, 0.05) is 31.1 Å². The molecular weight excluding hydrogens is 360 g/mol. The van der Waals surface area contributed by atoms with Crippen molar-refractivity contribution in [2.75, 3.05) is 31.1 Å². The van der Waals surface area contributed by atoms with Crippen molar-refractivity contribution in [3.63, 3.8) is 0 Å². The van der Waals surface area contributed by atoms with E-state index in [4.69, 9.17) is 4.42 Å². The zero-order valence-corrected chi connectivity index (χ0v) is 16.2. The number of amides is 1. The Morgan fingerprint density at radius 3 is 2.89 bits per heavy atom. The van der Waals surface area contributed by atoms with Crippen LogP contribution in [0.15, 0.2) is 29.1 Å². The summed E-state index contributed by atoms with van der Waals surface area (Å²) in [6.45, 7) is 5.23. The zero-order valence-electron chi connectivity index (χ0n) is 15.4. The topological polar surface area (TPSA) is 62.5 Å². The van der Waals surface area contributed by atoms with Gasteiger partial charge in [-0.2, -0.15) is 0 Å². The van der Waals surface area contributed by atoms with E-state index in [1.807, 2.05) is 16.2 Å². The largest absolute Gasteiger partial charge is 0.459 e. The van der Waals surface area contributed by atoms with Crippen molar-refractivity contribution in [1.29, 1.82) is 0 Å². The molecule has 0 N–H and O–H groups in total. The Hall–Kier alpha value is -2.41. The van der Waals surface area contributed by atoms with Gasteiger partial charge in [0.1, 0.15) is 17.0 Å². The van der Waals surface area contributed by atoms with Gasteiger partial charge in [-0.05, 0) is 42.9 Å². The molecule has 0 aromatic carbocycles. The second-order valence-corrected chi connectivity index (χ2v) is 8.57. The van der Waals surface area contributed by atoms with Crippen molar-refractivity contribution < 1.29 is 9.21 Å². The van der Waals surface area contributed by atoms with Gasteiger partial charge in [0.2, 0.25) is 0 Å². The van der Waals surface area contributed by atoms with Crippen molar-refractivity contribution >= 4 is 33.3 Å². The van der Waals surface area contributed by atoms with E-state index in [2.05, 4.69) is 21.8 Å². The summed E-state index contributed by atoms with van der Waals surface area (Å²) in [5.41, 5.74) is 1.46. The van der Waals surface area contributed by atoms with Crippen molar-refractivity contribution in [2.45, 2.75) is 26.2 Å². The number of carbonyl (C=O) groups excluding carboxylic acids is 1. The molecule has 2 aliphatic rings. The highest BCUT2D eigenvalue weighted by Crippen LogP contribution is 2.40. The van der Waals surface area contributed by atoms with Gasteiger partial charge in [-0.1, -0.05) is 6.92 Å². The molecule has 1 aliphatic heterocycles. The zero-order chi connectivity index (χ0) is 18.4. The van der Waals surface area contributed by atoms with Gasteiger partial charge in [0.25, 0.3) is 5.91 Å². The van der Waals surface area contributed by atoms with Gasteiger partial charge >= 0.3 is 0 Å². The predicted molar refractivity (Wildman–Crippen MR) is 105 cm³/mol. The van der Waals surface area contributed by atoms with Crippen LogP contribution in [0.4, 0.5) is 5.82 Å². The van der Waals surface area contributed by atoms with Crippen LogP contribution in [0.5, 0.6) is 0 Å². The third-order valence-electron chi connectivity index (χ3n) is 5.67. The minimum Gasteiger partial charge on any atom is -0.459 e. The molecule has 7 heteroatoms. The van der Waals surface area contributed by atoms with Crippen LogP contribution in [0.3, 0.4) is 0 Å². The molecule has 4 heterocycles. The second kappa shape index (κ2) is 6.64. The molecule has 0 spiro atoms. The summed E-state index contributed by atoms with van der Waals surface area (Å²) in [6.07, 6.45) is 6.76. The summed E-state index contributed by atoms with van der Waals surface area (Å²) in [5, 5.41) is 1.25. The normalized spacial score (nSPS) is 20.1. The third-order valence-corrected chi connectivity index (χ3v) is 6.87. The van der Waals surface area contributed by atoms with Gasteiger partial charge < -0.3 is 14.2 Å². The van der Waals surface area contributed by atoms with Crippen LogP contribution in [0.25, 0.3) is 10.2 Å². The molecule has 5 rings (SSSR count). The van der Waals surface area contributed by atoms with E-state index in [-0.39, 0.29) is 5.91 Å². The van der Waals surface area contributed by atoms with E-state index in [0.717, 1.165) is 36.6 Å². The number of hydrogen-bond donors (Lipinski definition) is 0. The number of fused-ring (bicyclic) bond motifs is 3. The molecule has 1 unspecified atom stereocenters. The molecule has 27 heavy (non-hydrogen) atoms. The fourth-order valence-electron chi connectivity index (χ4n) is 4.18. The molecule has 6 nitrogen and oxygen atoms in total. The maximum absolute atomic E-state index is 12.5. The number of hydrogen-bond acceptors (Lipinski definition) is 6. The summed E-state index contributed by atoms with van der Waals surface area (Å²) in [4.78, 5) is 28.5. The predicted octanol–water partition coefficient (Wildman–Crippen LogP) is 3.37. The lowest BCUT2D eigenvalue weighted by Crippen LogP contribution is -2.49. The number of thiophene rings is 1. The van der Waals surface area contributed by atoms with Crippen LogP contribution >= 0.6 is 11.3 Å². The molecule has 0 radical (unpaired) electrons. The first-order valence-electron chi connectivity index (χ1n) is 9.53. The van der Waals surface area contributed by atoms with E-state index < -0.39 is 0 Å². The Labute approximate surface area is 161 Å². The standard InChI is InChI=1S/C20H22N4O2S/c1-13-4-5-16-14(11-13)17-18(21-12-22-19(17)27-16)23-6-8-24(9-7-23)20(25)15-3-2-10-26-15/h2-3,10,12-13H,4-9,11H2,1H3. The molecule has 1 fully saturated rings. The Bertz CT molecular complexity index is 973. The molecule has 1 aliphatic carbocycles. The van der Waals surface area contributed by atoms with Crippen molar-refractivity contribution in [3.05, 3.63) is 40.9 Å². The Balaban J connectivity index is 1.41. The van der Waals surface area contributed by atoms with Crippen LogP contribution in [0.1, 0.15) is 34.3 Å². The first kappa shape index (κ1) is 16.7. The number of aryl methyl sites for hydroxylation is 1. The fourth-order valence-corrected chi connectivity index (χ4v) is 5.36. The van der Waals surface area contributed by atoms with Gasteiger partial charge in [0.15, 0.2) is 5.76 Å². The Kier molecular flexibility index (Phi) is 4.11. The number of rotatable bonds is 2. The van der Waals surface area contributed by atoms with Crippen molar-refractivity contribution in [2.24, 2.45) is 5.92 Å². The van der Waals surface area contributed by atoms with E-state index in [0.29, 0.717) is 24.8 Å². The lowest BCUT2D eigenvalue weighted by Gasteiger charge is -2.35. The molecule has 0 saturated carbocycles. The average molecular weight is 382 g/mol. The summed E-state index contributed by atoms with van der Waals surface area (Å²) in [6, 6.07) is 3.48. The first-order valence-corrected chi connectivity index (χ1v) is 10.4. The maximum Gasteiger partial charge on any atom is 0.289 e. The SMILES string of the molecule is CC1CCc2sc3ncnc(N4CCN(C(=O)c5ccco5)CC4)c3c2C1. The number of furan rings is 1. The number of aromatic nitrogens is 2. The third kappa shape index (κ3) is 2.90. The average Bonchev–Trinajstić information content (AvgIpc) is 3.35. The number of carbonyl (C=O) groups is 1. The molecular formula is C20H22N4O2S. The minimum atomic E-state index is -0.0331. The molecule has 0 bridgehead atoms.